The first-order chi connectivity index (χ1) is 18.4. The number of benzene rings is 3. The Morgan fingerprint density at radius 3 is 1.95 bits per heavy atom. The molecule has 6 rings (SSSR count). The average molecular weight is 637 g/mol. The molecule has 38 heavy (non-hydrogen) atoms. The Bertz CT molecular complexity index is 1410. The van der Waals surface area contributed by atoms with Gasteiger partial charge < -0.3 is 4.74 Å². The van der Waals surface area contributed by atoms with Crippen molar-refractivity contribution in [2.45, 2.75) is 16.1 Å². The van der Waals surface area contributed by atoms with E-state index in [4.69, 9.17) is 4.74 Å². The quantitative estimate of drug-likeness (QED) is 0.151. The van der Waals surface area contributed by atoms with Crippen LogP contribution in [-0.4, -0.2) is 39.8 Å². The Morgan fingerprint density at radius 1 is 0.763 bits per heavy atom. The van der Waals surface area contributed by atoms with Crippen LogP contribution in [0.3, 0.4) is 0 Å². The van der Waals surface area contributed by atoms with Crippen LogP contribution in [0.1, 0.15) is 27.1 Å². The van der Waals surface area contributed by atoms with Crippen LogP contribution in [0.2, 0.25) is 0 Å². The number of carbonyl (C=O) groups excluding carboxylic acids is 4. The highest BCUT2D eigenvalue weighted by molar-refractivity contribution is 9.12. The van der Waals surface area contributed by atoms with Crippen molar-refractivity contribution in [1.29, 1.82) is 0 Å². The minimum atomic E-state index is -0.757. The third kappa shape index (κ3) is 4.05. The van der Waals surface area contributed by atoms with Crippen molar-refractivity contribution in [3.63, 3.8) is 0 Å². The number of nitrogens with zero attached hydrogens (tertiary/aromatic N) is 1. The molecule has 3 aromatic rings. The molecule has 1 aliphatic heterocycles. The van der Waals surface area contributed by atoms with Gasteiger partial charge in [0.15, 0.2) is 12.4 Å². The van der Waals surface area contributed by atoms with Crippen LogP contribution in [0.25, 0.3) is 11.1 Å². The summed E-state index contributed by atoms with van der Waals surface area (Å²) in [5.41, 5.74) is 2.73. The molecule has 0 spiro atoms. The van der Waals surface area contributed by atoms with Gasteiger partial charge in [-0.2, -0.15) is 0 Å². The van der Waals surface area contributed by atoms with E-state index in [0.29, 0.717) is 5.56 Å². The smallest absolute Gasteiger partial charge is 0.340 e. The van der Waals surface area contributed by atoms with Gasteiger partial charge in [0.05, 0.1) is 23.1 Å². The van der Waals surface area contributed by atoms with Crippen LogP contribution < -0.4 is 4.90 Å². The van der Waals surface area contributed by atoms with E-state index in [9.17, 15) is 19.2 Å². The van der Waals surface area contributed by atoms with Gasteiger partial charge >= 0.3 is 5.97 Å². The Hall–Kier alpha value is -3.10. The van der Waals surface area contributed by atoms with Gasteiger partial charge in [0, 0.05) is 15.2 Å². The molecule has 2 bridgehead atoms. The molecule has 0 unspecified atom stereocenters. The molecule has 1 saturated heterocycles. The van der Waals surface area contributed by atoms with Gasteiger partial charge in [-0.3, -0.25) is 14.4 Å². The van der Waals surface area contributed by atoms with Gasteiger partial charge in [-0.25, -0.2) is 9.69 Å². The van der Waals surface area contributed by atoms with Crippen molar-refractivity contribution in [2.75, 3.05) is 11.5 Å². The number of hydrogen-bond acceptors (Lipinski definition) is 5. The van der Waals surface area contributed by atoms with E-state index < -0.39 is 24.4 Å². The average Bonchev–Trinajstić information content (AvgIpc) is 3.56. The van der Waals surface area contributed by atoms with Gasteiger partial charge in [0.25, 0.3) is 0 Å². The lowest BCUT2D eigenvalue weighted by Gasteiger charge is -2.28. The standard InChI is InChI=1S/C30H23Br2NO5/c31-26-20-14-21(27(26)32)25-24(20)28(35)33(29(25)36)22-9-5-4-8-19(22)30(37)38-15-23(34)18-12-10-17(11-13-18)16-6-2-1-3-7-16/h1-13,20-21,24-27H,14-15H2/t20-,21-,24-,25+,26-,27+/m1/s1. The lowest BCUT2D eigenvalue weighted by Crippen LogP contribution is -2.37. The lowest BCUT2D eigenvalue weighted by molar-refractivity contribution is -0.123. The van der Waals surface area contributed by atoms with E-state index in [1.54, 1.807) is 30.3 Å². The molecular formula is C30H23Br2NO5. The van der Waals surface area contributed by atoms with E-state index in [0.717, 1.165) is 22.4 Å². The molecule has 2 aliphatic carbocycles. The Kier molecular flexibility index (Phi) is 6.56. The molecule has 6 atom stereocenters. The number of ether oxygens (including phenoxy) is 1. The number of fused-ring (bicyclic) bond motifs is 5. The predicted molar refractivity (Wildman–Crippen MR) is 149 cm³/mol. The molecule has 8 heteroatoms. The molecule has 3 aliphatic rings. The normalized spacial score (nSPS) is 27.5. The number of halogens is 2. The molecule has 3 aromatic carbocycles. The van der Waals surface area contributed by atoms with Crippen molar-refractivity contribution >= 4 is 61.1 Å². The molecule has 2 saturated carbocycles. The summed E-state index contributed by atoms with van der Waals surface area (Å²) in [5, 5.41) is 0. The van der Waals surface area contributed by atoms with E-state index >= 15 is 0 Å². The number of rotatable bonds is 6. The number of anilines is 1. The monoisotopic (exact) mass is 635 g/mol. The summed E-state index contributed by atoms with van der Waals surface area (Å²) < 4.78 is 5.36. The van der Waals surface area contributed by atoms with E-state index in [2.05, 4.69) is 31.9 Å². The highest BCUT2D eigenvalue weighted by Crippen LogP contribution is 2.60. The third-order valence-electron chi connectivity index (χ3n) is 8.00. The maximum atomic E-state index is 13.5. The van der Waals surface area contributed by atoms with Crippen molar-refractivity contribution in [1.82, 2.24) is 0 Å². The number of hydrogen-bond donors (Lipinski definition) is 0. The number of ketones is 1. The van der Waals surface area contributed by atoms with Crippen molar-refractivity contribution in [3.05, 3.63) is 90.0 Å². The van der Waals surface area contributed by atoms with Gasteiger partial charge in [0.1, 0.15) is 0 Å². The number of alkyl halides is 2. The summed E-state index contributed by atoms with van der Waals surface area (Å²) in [6, 6.07) is 23.3. The molecule has 0 aromatic heterocycles. The number of amides is 2. The van der Waals surface area contributed by atoms with Crippen LogP contribution in [-0.2, 0) is 14.3 Å². The van der Waals surface area contributed by atoms with Gasteiger partial charge in [-0.05, 0) is 41.5 Å². The van der Waals surface area contributed by atoms with Gasteiger partial charge in [-0.1, -0.05) is 98.6 Å². The van der Waals surface area contributed by atoms with Crippen LogP contribution in [0.4, 0.5) is 5.69 Å². The van der Waals surface area contributed by atoms with E-state index in [1.807, 2.05) is 42.5 Å². The van der Waals surface area contributed by atoms with Crippen LogP contribution in [0, 0.1) is 23.7 Å². The molecule has 6 nitrogen and oxygen atoms in total. The Balaban J connectivity index is 1.17. The summed E-state index contributed by atoms with van der Waals surface area (Å²) in [6.07, 6.45) is 0.824. The van der Waals surface area contributed by atoms with Crippen molar-refractivity contribution < 1.29 is 23.9 Å². The summed E-state index contributed by atoms with van der Waals surface area (Å²) in [6.45, 7) is -0.453. The first-order valence-electron chi connectivity index (χ1n) is 12.5. The predicted octanol–water partition coefficient (Wildman–Crippen LogP) is 5.68. The maximum Gasteiger partial charge on any atom is 0.340 e. The minimum absolute atomic E-state index is 0.0702. The van der Waals surface area contributed by atoms with Crippen LogP contribution >= 0.6 is 31.9 Å². The zero-order valence-electron chi connectivity index (χ0n) is 20.1. The molecule has 1 heterocycles. The summed E-state index contributed by atoms with van der Waals surface area (Å²) >= 11 is 7.39. The molecule has 0 radical (unpaired) electrons. The third-order valence-corrected chi connectivity index (χ3v) is 11.2. The van der Waals surface area contributed by atoms with Gasteiger partial charge in [-0.15, -0.1) is 0 Å². The van der Waals surface area contributed by atoms with E-state index in [-0.39, 0.29) is 50.3 Å². The SMILES string of the molecule is O=C(COC(=O)c1ccccc1N1C(=O)[C@@H]2[C@H]3C[C@@H]([C@H](Br)[C@@H]3Br)[C@@H]2C1=O)c1ccc(-c2ccccc2)cc1. The Morgan fingerprint density at radius 2 is 1.32 bits per heavy atom. The topological polar surface area (TPSA) is 80.8 Å². The van der Waals surface area contributed by atoms with Crippen molar-refractivity contribution in [3.8, 4) is 11.1 Å². The Labute approximate surface area is 236 Å². The molecular weight excluding hydrogens is 614 g/mol. The van der Waals surface area contributed by atoms with Gasteiger partial charge in [0.2, 0.25) is 11.8 Å². The zero-order valence-corrected chi connectivity index (χ0v) is 23.3. The van der Waals surface area contributed by atoms with E-state index in [1.165, 1.54) is 6.07 Å². The number of Topliss-reactive ketones (excluding diaryl/α,β-unsaturated/α-hetero) is 1. The highest BCUT2D eigenvalue weighted by atomic mass is 79.9. The molecule has 192 valence electrons. The fraction of sp³-hybridized carbons (Fsp3) is 0.267. The van der Waals surface area contributed by atoms with Crippen LogP contribution in [0.15, 0.2) is 78.9 Å². The number of esters is 1. The maximum absolute atomic E-state index is 13.5. The molecule has 2 amide bonds. The number of imide groups is 1. The minimum Gasteiger partial charge on any atom is -0.454 e. The second-order valence-corrected chi connectivity index (χ2v) is 12.1. The molecule has 3 fully saturated rings. The zero-order chi connectivity index (χ0) is 26.6. The number of para-hydroxylation sites is 1. The lowest BCUT2D eigenvalue weighted by atomic mass is 9.81. The fourth-order valence-corrected chi connectivity index (χ4v) is 8.07. The largest absolute Gasteiger partial charge is 0.454 e. The highest BCUT2D eigenvalue weighted by Gasteiger charge is 2.66. The van der Waals surface area contributed by atoms with Crippen LogP contribution in [0.5, 0.6) is 0 Å². The summed E-state index contributed by atoms with van der Waals surface area (Å²) in [7, 11) is 0. The first-order valence-corrected chi connectivity index (χ1v) is 14.3. The summed E-state index contributed by atoms with van der Waals surface area (Å²) in [5.74, 6) is -2.29. The second kappa shape index (κ2) is 9.89. The second-order valence-electron chi connectivity index (χ2n) is 9.98. The summed E-state index contributed by atoms with van der Waals surface area (Å²) in [4.78, 5) is 54.1. The number of carbonyl (C=O) groups is 4. The molecule has 0 N–H and O–H groups in total. The van der Waals surface area contributed by atoms with Crippen molar-refractivity contribution in [2.24, 2.45) is 23.7 Å². The fourth-order valence-electron chi connectivity index (χ4n) is 6.20. The first kappa shape index (κ1) is 25.2.